The highest BCUT2D eigenvalue weighted by atomic mass is 16.5. The summed E-state index contributed by atoms with van der Waals surface area (Å²) in [6, 6.07) is 9.08. The predicted octanol–water partition coefficient (Wildman–Crippen LogP) is 2.57. The third kappa shape index (κ3) is 3.47. The molecule has 1 aliphatic rings. The van der Waals surface area contributed by atoms with Gasteiger partial charge in [0.1, 0.15) is 5.75 Å². The molecule has 0 radical (unpaired) electrons. The van der Waals surface area contributed by atoms with Crippen molar-refractivity contribution in [1.82, 2.24) is 5.32 Å². The van der Waals surface area contributed by atoms with Gasteiger partial charge in [-0.2, -0.15) is 0 Å². The molecule has 1 aromatic rings. The zero-order valence-corrected chi connectivity index (χ0v) is 11.3. The molecule has 0 aliphatic heterocycles. The fourth-order valence-electron chi connectivity index (χ4n) is 2.43. The summed E-state index contributed by atoms with van der Waals surface area (Å²) < 4.78 is 10.6. The van der Waals surface area contributed by atoms with Crippen molar-refractivity contribution in [2.45, 2.75) is 31.7 Å². The molecule has 1 aliphatic carbocycles. The van der Waals surface area contributed by atoms with E-state index in [0.717, 1.165) is 25.5 Å². The minimum Gasteiger partial charge on any atom is -0.497 e. The first kappa shape index (κ1) is 13.4. The van der Waals surface area contributed by atoms with Crippen LogP contribution in [0.25, 0.3) is 0 Å². The van der Waals surface area contributed by atoms with Gasteiger partial charge in [-0.1, -0.05) is 12.1 Å². The number of rotatable bonds is 7. The van der Waals surface area contributed by atoms with Crippen LogP contribution in [0.5, 0.6) is 5.75 Å². The van der Waals surface area contributed by atoms with E-state index in [0.29, 0.717) is 12.0 Å². The lowest BCUT2D eigenvalue weighted by Crippen LogP contribution is -2.41. The summed E-state index contributed by atoms with van der Waals surface area (Å²) in [5.41, 5.74) is 1.40. The lowest BCUT2D eigenvalue weighted by molar-refractivity contribution is 0.141. The SMILES string of the molecule is CCOCCNC1CC(c2cccc(OC)c2)C1. The van der Waals surface area contributed by atoms with Crippen LogP contribution in [0.15, 0.2) is 24.3 Å². The van der Waals surface area contributed by atoms with Crippen molar-refractivity contribution in [1.29, 1.82) is 0 Å². The Morgan fingerprint density at radius 2 is 2.17 bits per heavy atom. The second kappa shape index (κ2) is 6.76. The van der Waals surface area contributed by atoms with Crippen LogP contribution in [-0.4, -0.2) is 32.9 Å². The van der Waals surface area contributed by atoms with Crippen molar-refractivity contribution < 1.29 is 9.47 Å². The minimum absolute atomic E-state index is 0.654. The molecule has 0 saturated heterocycles. The number of hydrogen-bond acceptors (Lipinski definition) is 3. The predicted molar refractivity (Wildman–Crippen MR) is 73.3 cm³/mol. The van der Waals surface area contributed by atoms with Gasteiger partial charge in [-0.05, 0) is 43.4 Å². The Bertz CT molecular complexity index is 361. The molecule has 0 amide bonds. The molecule has 0 aromatic heterocycles. The Kier molecular flexibility index (Phi) is 5.02. The van der Waals surface area contributed by atoms with Crippen LogP contribution in [0.2, 0.25) is 0 Å². The Hall–Kier alpha value is -1.06. The Labute approximate surface area is 109 Å². The average molecular weight is 249 g/mol. The van der Waals surface area contributed by atoms with Crippen LogP contribution in [-0.2, 0) is 4.74 Å². The maximum absolute atomic E-state index is 5.32. The van der Waals surface area contributed by atoms with E-state index in [2.05, 4.69) is 23.5 Å². The van der Waals surface area contributed by atoms with Crippen LogP contribution in [0, 0.1) is 0 Å². The molecule has 1 aromatic carbocycles. The molecule has 3 heteroatoms. The molecule has 1 N–H and O–H groups in total. The summed E-state index contributed by atoms with van der Waals surface area (Å²) in [4.78, 5) is 0. The molecule has 0 unspecified atom stereocenters. The van der Waals surface area contributed by atoms with Gasteiger partial charge in [-0.25, -0.2) is 0 Å². The van der Waals surface area contributed by atoms with Gasteiger partial charge in [0.2, 0.25) is 0 Å². The molecule has 100 valence electrons. The van der Waals surface area contributed by atoms with Gasteiger partial charge in [-0.3, -0.25) is 0 Å². The fourth-order valence-corrected chi connectivity index (χ4v) is 2.43. The first-order valence-electron chi connectivity index (χ1n) is 6.78. The molecule has 2 rings (SSSR count). The maximum Gasteiger partial charge on any atom is 0.119 e. The van der Waals surface area contributed by atoms with E-state index < -0.39 is 0 Å². The standard InChI is InChI=1S/C15H23NO2/c1-3-18-8-7-16-14-9-13(10-14)12-5-4-6-15(11-12)17-2/h4-6,11,13-14,16H,3,7-10H2,1-2H3. The zero-order valence-electron chi connectivity index (χ0n) is 11.3. The first-order valence-corrected chi connectivity index (χ1v) is 6.78. The monoisotopic (exact) mass is 249 g/mol. The molecule has 3 nitrogen and oxygen atoms in total. The Morgan fingerprint density at radius 1 is 1.33 bits per heavy atom. The highest BCUT2D eigenvalue weighted by Crippen LogP contribution is 2.37. The largest absolute Gasteiger partial charge is 0.497 e. The fraction of sp³-hybridized carbons (Fsp3) is 0.600. The summed E-state index contributed by atoms with van der Waals surface area (Å²) in [5.74, 6) is 1.64. The topological polar surface area (TPSA) is 30.5 Å². The zero-order chi connectivity index (χ0) is 12.8. The first-order chi connectivity index (χ1) is 8.83. The molecule has 18 heavy (non-hydrogen) atoms. The van der Waals surface area contributed by atoms with Crippen molar-refractivity contribution in [2.75, 3.05) is 26.9 Å². The van der Waals surface area contributed by atoms with Crippen molar-refractivity contribution in [3.63, 3.8) is 0 Å². The smallest absolute Gasteiger partial charge is 0.119 e. The molecule has 1 saturated carbocycles. The van der Waals surface area contributed by atoms with E-state index >= 15 is 0 Å². The van der Waals surface area contributed by atoms with Crippen LogP contribution in [0.4, 0.5) is 0 Å². The number of benzene rings is 1. The summed E-state index contributed by atoms with van der Waals surface area (Å²) in [6.45, 7) is 4.61. The second-order valence-electron chi connectivity index (χ2n) is 4.79. The van der Waals surface area contributed by atoms with Gasteiger partial charge in [-0.15, -0.1) is 0 Å². The van der Waals surface area contributed by atoms with Crippen molar-refractivity contribution in [2.24, 2.45) is 0 Å². The van der Waals surface area contributed by atoms with Gasteiger partial charge in [0, 0.05) is 19.2 Å². The summed E-state index contributed by atoms with van der Waals surface area (Å²) >= 11 is 0. The van der Waals surface area contributed by atoms with E-state index in [-0.39, 0.29) is 0 Å². The number of hydrogen-bond donors (Lipinski definition) is 1. The van der Waals surface area contributed by atoms with Crippen molar-refractivity contribution >= 4 is 0 Å². The van der Waals surface area contributed by atoms with E-state index in [9.17, 15) is 0 Å². The van der Waals surface area contributed by atoms with Gasteiger partial charge < -0.3 is 14.8 Å². The molecule has 0 spiro atoms. The second-order valence-corrected chi connectivity index (χ2v) is 4.79. The van der Waals surface area contributed by atoms with Crippen LogP contribution in [0.1, 0.15) is 31.2 Å². The van der Waals surface area contributed by atoms with Gasteiger partial charge in [0.05, 0.1) is 13.7 Å². The van der Waals surface area contributed by atoms with Crippen molar-refractivity contribution in [3.8, 4) is 5.75 Å². The van der Waals surface area contributed by atoms with Gasteiger partial charge >= 0.3 is 0 Å². The van der Waals surface area contributed by atoms with E-state index in [4.69, 9.17) is 9.47 Å². The molecule has 0 atom stereocenters. The number of nitrogens with one attached hydrogen (secondary N) is 1. The molecule has 1 fully saturated rings. The van der Waals surface area contributed by atoms with Gasteiger partial charge in [0.25, 0.3) is 0 Å². The quantitative estimate of drug-likeness (QED) is 0.753. The van der Waals surface area contributed by atoms with Crippen LogP contribution >= 0.6 is 0 Å². The van der Waals surface area contributed by atoms with E-state index in [1.807, 2.05) is 13.0 Å². The van der Waals surface area contributed by atoms with Crippen molar-refractivity contribution in [3.05, 3.63) is 29.8 Å². The van der Waals surface area contributed by atoms with E-state index in [1.165, 1.54) is 18.4 Å². The highest BCUT2D eigenvalue weighted by molar-refractivity contribution is 5.32. The summed E-state index contributed by atoms with van der Waals surface area (Å²) in [7, 11) is 1.72. The third-order valence-corrected chi connectivity index (χ3v) is 3.59. The highest BCUT2D eigenvalue weighted by Gasteiger charge is 2.29. The van der Waals surface area contributed by atoms with Gasteiger partial charge in [0.15, 0.2) is 0 Å². The lowest BCUT2D eigenvalue weighted by Gasteiger charge is -2.36. The maximum atomic E-state index is 5.32. The molecule has 0 bridgehead atoms. The molecular weight excluding hydrogens is 226 g/mol. The molecular formula is C15H23NO2. The van der Waals surface area contributed by atoms with E-state index in [1.54, 1.807) is 7.11 Å². The number of methoxy groups -OCH3 is 1. The van der Waals surface area contributed by atoms with Crippen LogP contribution < -0.4 is 10.1 Å². The lowest BCUT2D eigenvalue weighted by atomic mass is 9.76. The Balaban J connectivity index is 1.71. The molecule has 0 heterocycles. The third-order valence-electron chi connectivity index (χ3n) is 3.59. The summed E-state index contributed by atoms with van der Waals surface area (Å²) in [5, 5.41) is 3.53. The normalized spacial score (nSPS) is 22.6. The Morgan fingerprint density at radius 3 is 2.89 bits per heavy atom. The van der Waals surface area contributed by atoms with Crippen LogP contribution in [0.3, 0.4) is 0 Å². The average Bonchev–Trinajstić information content (AvgIpc) is 2.36. The minimum atomic E-state index is 0.654. The summed E-state index contributed by atoms with van der Waals surface area (Å²) in [6.07, 6.45) is 2.44. The number of ether oxygens (including phenoxy) is 2.